The number of hydrogen-bond acceptors (Lipinski definition) is 5. The van der Waals surface area contributed by atoms with Crippen molar-refractivity contribution in [3.8, 4) is 0 Å². The van der Waals surface area contributed by atoms with Crippen molar-refractivity contribution in [1.82, 2.24) is 14.5 Å². The molecule has 176 valence electrons. The van der Waals surface area contributed by atoms with Gasteiger partial charge in [0.1, 0.15) is 6.61 Å². The predicted octanol–water partition coefficient (Wildman–Crippen LogP) is 3.24. The van der Waals surface area contributed by atoms with Crippen LogP contribution in [0.15, 0.2) is 47.4 Å². The molecule has 0 spiro atoms. The van der Waals surface area contributed by atoms with Crippen LogP contribution < -0.4 is 4.72 Å². The first-order chi connectivity index (χ1) is 15.7. The number of carbonyl (C=O) groups excluding carboxylic acids is 2. The number of amides is 2. The third kappa shape index (κ3) is 5.27. The first-order valence-corrected chi connectivity index (χ1v) is 12.6. The summed E-state index contributed by atoms with van der Waals surface area (Å²) in [6.45, 7) is 2.18. The zero-order valence-corrected chi connectivity index (χ0v) is 20.2. The molecule has 0 unspecified atom stereocenters. The fraction of sp³-hybridized carbons (Fsp3) is 0.364. The molecule has 0 saturated carbocycles. The number of nitrogens with one attached hydrogen (secondary N) is 1. The van der Waals surface area contributed by atoms with Gasteiger partial charge in [-0.2, -0.15) is 0 Å². The Morgan fingerprint density at radius 3 is 2.06 bits per heavy atom. The topological polar surface area (TPSA) is 96.0 Å². The fourth-order valence-electron chi connectivity index (χ4n) is 4.32. The van der Waals surface area contributed by atoms with Gasteiger partial charge in [0.25, 0.3) is 5.91 Å². The van der Waals surface area contributed by atoms with Crippen molar-refractivity contribution < 1.29 is 22.7 Å². The van der Waals surface area contributed by atoms with E-state index in [1.54, 1.807) is 28.0 Å². The second kappa shape index (κ2) is 9.50. The lowest BCUT2D eigenvalue weighted by Crippen LogP contribution is -2.35. The molecule has 2 amide bonds. The first-order valence-electron chi connectivity index (χ1n) is 10.4. The number of sulfonamides is 1. The molecular formula is C22H23Cl2N3O5S. The van der Waals surface area contributed by atoms with Gasteiger partial charge in [0.15, 0.2) is 0 Å². The molecule has 4 rings (SSSR count). The maximum absolute atomic E-state index is 12.9. The minimum atomic E-state index is -3.55. The summed E-state index contributed by atoms with van der Waals surface area (Å²) in [4.78, 5) is 28.9. The second-order valence-corrected chi connectivity index (χ2v) is 11.0. The van der Waals surface area contributed by atoms with Gasteiger partial charge in [-0.3, -0.25) is 4.79 Å². The van der Waals surface area contributed by atoms with Crippen LogP contribution in [0, 0.1) is 11.8 Å². The van der Waals surface area contributed by atoms with Gasteiger partial charge in [0.05, 0.1) is 4.90 Å². The largest absolute Gasteiger partial charge is 0.445 e. The normalized spacial score (nSPS) is 20.1. The zero-order valence-electron chi connectivity index (χ0n) is 17.8. The summed E-state index contributed by atoms with van der Waals surface area (Å²) in [5.74, 6) is 0.196. The predicted molar refractivity (Wildman–Crippen MR) is 124 cm³/mol. The van der Waals surface area contributed by atoms with E-state index in [9.17, 15) is 18.0 Å². The summed E-state index contributed by atoms with van der Waals surface area (Å²) >= 11 is 12.0. The molecule has 2 aromatic carbocycles. The maximum atomic E-state index is 12.9. The molecule has 2 heterocycles. The molecule has 0 radical (unpaired) electrons. The van der Waals surface area contributed by atoms with Crippen LogP contribution in [-0.4, -0.2) is 63.4 Å². The van der Waals surface area contributed by atoms with Crippen LogP contribution in [0.3, 0.4) is 0 Å². The highest BCUT2D eigenvalue weighted by Crippen LogP contribution is 2.32. The van der Waals surface area contributed by atoms with Crippen LogP contribution in [0.1, 0.15) is 15.9 Å². The van der Waals surface area contributed by atoms with Crippen molar-refractivity contribution in [2.75, 3.05) is 33.2 Å². The average molecular weight is 512 g/mol. The lowest BCUT2D eigenvalue weighted by molar-refractivity contribution is 0.0764. The van der Waals surface area contributed by atoms with E-state index in [2.05, 4.69) is 4.72 Å². The molecule has 2 fully saturated rings. The molecule has 2 aliphatic rings. The van der Waals surface area contributed by atoms with Crippen molar-refractivity contribution in [3.05, 3.63) is 63.6 Å². The van der Waals surface area contributed by atoms with Crippen molar-refractivity contribution in [2.24, 2.45) is 11.8 Å². The van der Waals surface area contributed by atoms with E-state index in [1.165, 1.54) is 31.3 Å². The summed E-state index contributed by atoms with van der Waals surface area (Å²) in [5, 5.41) is 0.958. The number of carbonyl (C=O) groups is 2. The summed E-state index contributed by atoms with van der Waals surface area (Å²) in [7, 11) is -2.21. The van der Waals surface area contributed by atoms with Gasteiger partial charge in [-0.1, -0.05) is 23.2 Å². The van der Waals surface area contributed by atoms with Gasteiger partial charge in [0, 0.05) is 53.6 Å². The van der Waals surface area contributed by atoms with Crippen LogP contribution in [0.5, 0.6) is 0 Å². The van der Waals surface area contributed by atoms with Gasteiger partial charge in [-0.15, -0.1) is 0 Å². The molecule has 0 bridgehead atoms. The molecule has 11 heteroatoms. The highest BCUT2D eigenvalue weighted by molar-refractivity contribution is 7.89. The number of likely N-dealkylation sites (tertiary alicyclic amines) is 2. The monoisotopic (exact) mass is 511 g/mol. The van der Waals surface area contributed by atoms with Crippen molar-refractivity contribution in [2.45, 2.75) is 11.5 Å². The summed E-state index contributed by atoms with van der Waals surface area (Å²) < 4.78 is 31.4. The van der Waals surface area contributed by atoms with Gasteiger partial charge in [-0.25, -0.2) is 17.9 Å². The molecule has 2 aliphatic heterocycles. The number of fused-ring (bicyclic) bond motifs is 1. The number of nitrogens with zero attached hydrogens (tertiary/aromatic N) is 2. The molecular weight excluding hydrogens is 489 g/mol. The Labute approximate surface area is 202 Å². The van der Waals surface area contributed by atoms with Crippen molar-refractivity contribution in [3.63, 3.8) is 0 Å². The minimum absolute atomic E-state index is 0.0782. The Bertz CT molecular complexity index is 1140. The Morgan fingerprint density at radius 1 is 0.970 bits per heavy atom. The minimum Gasteiger partial charge on any atom is -0.445 e. The first kappa shape index (κ1) is 23.8. The fourth-order valence-corrected chi connectivity index (χ4v) is 5.62. The number of halogens is 2. The molecule has 0 aromatic heterocycles. The summed E-state index contributed by atoms with van der Waals surface area (Å²) in [6.07, 6.45) is -0.403. The molecule has 8 nitrogen and oxygen atoms in total. The molecule has 33 heavy (non-hydrogen) atoms. The Balaban J connectivity index is 1.30. The Hall–Kier alpha value is -2.33. The van der Waals surface area contributed by atoms with E-state index in [4.69, 9.17) is 27.9 Å². The zero-order chi connectivity index (χ0) is 23.8. The van der Waals surface area contributed by atoms with Gasteiger partial charge in [0.2, 0.25) is 10.0 Å². The highest BCUT2D eigenvalue weighted by atomic mass is 35.5. The van der Waals surface area contributed by atoms with E-state index < -0.39 is 16.1 Å². The SMILES string of the molecule is CNS(=O)(=O)c1ccc(C(=O)N2C[C@H]3CN(C(=O)OCc4cc(Cl)cc(Cl)c4)C[C@H]3C2)cc1. The summed E-state index contributed by atoms with van der Waals surface area (Å²) in [6, 6.07) is 10.9. The third-order valence-corrected chi connectivity index (χ3v) is 7.86. The van der Waals surface area contributed by atoms with Crippen LogP contribution in [0.4, 0.5) is 4.79 Å². The Kier molecular flexibility index (Phi) is 6.86. The van der Waals surface area contributed by atoms with Gasteiger partial charge >= 0.3 is 6.09 Å². The van der Waals surface area contributed by atoms with Crippen LogP contribution in [0.25, 0.3) is 0 Å². The number of ether oxygens (including phenoxy) is 1. The molecule has 2 saturated heterocycles. The average Bonchev–Trinajstić information content (AvgIpc) is 3.36. The van der Waals surface area contributed by atoms with E-state index >= 15 is 0 Å². The van der Waals surface area contributed by atoms with Crippen molar-refractivity contribution in [1.29, 1.82) is 0 Å². The standard InChI is InChI=1S/C22H23Cl2N3O5S/c1-25-33(30,31)20-4-2-15(3-5-20)21(28)26-9-16-11-27(12-17(16)10-26)22(29)32-13-14-6-18(23)8-19(24)7-14/h2-8,16-17,25H,9-13H2,1H3/t16-,17+. The van der Waals surface area contributed by atoms with Crippen LogP contribution >= 0.6 is 23.2 Å². The molecule has 0 aliphatic carbocycles. The summed E-state index contributed by atoms with van der Waals surface area (Å²) in [5.41, 5.74) is 1.15. The van der Waals surface area contributed by atoms with E-state index in [0.717, 1.165) is 0 Å². The van der Waals surface area contributed by atoms with Gasteiger partial charge < -0.3 is 14.5 Å². The number of rotatable bonds is 5. The van der Waals surface area contributed by atoms with Gasteiger partial charge in [-0.05, 0) is 55.1 Å². The van der Waals surface area contributed by atoms with Crippen LogP contribution in [-0.2, 0) is 21.4 Å². The molecule has 2 atom stereocenters. The van der Waals surface area contributed by atoms with E-state index in [0.29, 0.717) is 47.4 Å². The number of benzene rings is 2. The van der Waals surface area contributed by atoms with E-state index in [-0.39, 0.29) is 29.2 Å². The highest BCUT2D eigenvalue weighted by Gasteiger charge is 2.43. The molecule has 2 aromatic rings. The third-order valence-electron chi connectivity index (χ3n) is 6.00. The van der Waals surface area contributed by atoms with Crippen molar-refractivity contribution >= 4 is 45.2 Å². The number of hydrogen-bond donors (Lipinski definition) is 1. The quantitative estimate of drug-likeness (QED) is 0.664. The van der Waals surface area contributed by atoms with Crippen LogP contribution in [0.2, 0.25) is 10.0 Å². The maximum Gasteiger partial charge on any atom is 0.410 e. The second-order valence-electron chi connectivity index (χ2n) is 8.20. The Morgan fingerprint density at radius 2 is 1.52 bits per heavy atom. The lowest BCUT2D eigenvalue weighted by atomic mass is 10.0. The lowest BCUT2D eigenvalue weighted by Gasteiger charge is -2.22. The smallest absolute Gasteiger partial charge is 0.410 e. The molecule has 1 N–H and O–H groups in total. The van der Waals surface area contributed by atoms with E-state index in [1.807, 2.05) is 0 Å².